The van der Waals surface area contributed by atoms with E-state index in [4.69, 9.17) is 18.9 Å². The lowest BCUT2D eigenvalue weighted by Crippen LogP contribution is -2.12. The van der Waals surface area contributed by atoms with Crippen molar-refractivity contribution in [2.75, 3.05) is 39.5 Å². The first-order valence-corrected chi connectivity index (χ1v) is 10.2. The normalized spacial score (nSPS) is 12.1. The summed E-state index contributed by atoms with van der Waals surface area (Å²) in [7, 11) is 1.61. The molecule has 0 saturated heterocycles. The van der Waals surface area contributed by atoms with E-state index in [0.29, 0.717) is 42.8 Å². The fourth-order valence-corrected chi connectivity index (χ4v) is 3.31. The molecule has 1 aromatic heterocycles. The number of nitrogens with one attached hydrogen (secondary N) is 1. The Bertz CT molecular complexity index is 724. The topological polar surface area (TPSA) is 106 Å². The molecule has 2 aromatic rings. The number of benzene rings is 1. The number of imidazole rings is 1. The first kappa shape index (κ1) is 22.4. The monoisotopic (exact) mass is 410 g/mol. The van der Waals surface area contributed by atoms with Crippen LogP contribution in [0.15, 0.2) is 35.6 Å². The molecule has 0 spiro atoms. The van der Waals surface area contributed by atoms with E-state index in [9.17, 15) is 9.35 Å². The smallest absolute Gasteiger partial charge is 0.321 e. The molecule has 0 saturated carbocycles. The Morgan fingerprint density at radius 3 is 2.79 bits per heavy atom. The fourth-order valence-electron chi connectivity index (χ4n) is 2.34. The van der Waals surface area contributed by atoms with E-state index in [0.717, 1.165) is 11.1 Å². The zero-order valence-electron chi connectivity index (χ0n) is 16.1. The molecule has 0 radical (unpaired) electrons. The number of nitrogens with zero attached hydrogens (tertiary/aromatic N) is 1. The van der Waals surface area contributed by atoms with E-state index in [2.05, 4.69) is 9.97 Å². The van der Waals surface area contributed by atoms with Gasteiger partial charge in [0.05, 0.1) is 25.5 Å². The van der Waals surface area contributed by atoms with Crippen LogP contribution in [0.25, 0.3) is 11.3 Å². The van der Waals surface area contributed by atoms with Gasteiger partial charge in [0.15, 0.2) is 0 Å². The average molecular weight is 410 g/mol. The molecule has 1 N–H and O–H groups in total. The van der Waals surface area contributed by atoms with Gasteiger partial charge in [0.25, 0.3) is 0 Å². The highest BCUT2D eigenvalue weighted by Crippen LogP contribution is 2.24. The second kappa shape index (κ2) is 12.5. The van der Waals surface area contributed by atoms with Crippen molar-refractivity contribution in [3.8, 4) is 11.3 Å². The predicted molar refractivity (Wildman–Crippen MR) is 104 cm³/mol. The average Bonchev–Trinajstić information content (AvgIpc) is 3.18. The van der Waals surface area contributed by atoms with Crippen LogP contribution in [0.4, 0.5) is 0 Å². The summed E-state index contributed by atoms with van der Waals surface area (Å²) >= 11 is -1.26. The number of rotatable bonds is 13. The Morgan fingerprint density at radius 2 is 2.00 bits per heavy atom. The molecule has 1 aromatic carbocycles. The van der Waals surface area contributed by atoms with Gasteiger partial charge in [0.1, 0.15) is 19.2 Å². The first-order valence-electron chi connectivity index (χ1n) is 8.91. The number of esters is 1. The van der Waals surface area contributed by atoms with E-state index < -0.39 is 11.2 Å². The molecule has 1 atom stereocenters. The molecule has 1 heterocycles. The van der Waals surface area contributed by atoms with E-state index >= 15 is 0 Å². The zero-order chi connectivity index (χ0) is 20.2. The molecule has 0 amide bonds. The maximum absolute atomic E-state index is 12.4. The SMILES string of the molecule is COCCOCOCCC[S@+]([O-])c1nc(-c2ccccc2COC(C)=O)c[nH]1. The minimum Gasteiger partial charge on any atom is -0.609 e. The Balaban J connectivity index is 1.82. The Hall–Kier alpha value is -1.91. The summed E-state index contributed by atoms with van der Waals surface area (Å²) in [6.45, 7) is 3.20. The van der Waals surface area contributed by atoms with Gasteiger partial charge in [-0.1, -0.05) is 24.3 Å². The number of methoxy groups -OCH3 is 1. The maximum atomic E-state index is 12.4. The van der Waals surface area contributed by atoms with Gasteiger partial charge >= 0.3 is 11.1 Å². The van der Waals surface area contributed by atoms with Gasteiger partial charge in [-0.25, -0.2) is 0 Å². The maximum Gasteiger partial charge on any atom is 0.321 e. The molecule has 28 heavy (non-hydrogen) atoms. The van der Waals surface area contributed by atoms with Crippen molar-refractivity contribution < 1.29 is 28.3 Å². The first-order chi connectivity index (χ1) is 13.6. The number of ether oxygens (including phenoxy) is 4. The van der Waals surface area contributed by atoms with E-state index in [-0.39, 0.29) is 19.4 Å². The van der Waals surface area contributed by atoms with Crippen LogP contribution >= 0.6 is 0 Å². The van der Waals surface area contributed by atoms with E-state index in [1.165, 1.54) is 6.92 Å². The number of hydrogen-bond donors (Lipinski definition) is 1. The number of carbonyl (C=O) groups is 1. The minimum atomic E-state index is -1.26. The van der Waals surface area contributed by atoms with Crippen molar-refractivity contribution in [2.24, 2.45) is 0 Å². The van der Waals surface area contributed by atoms with Crippen molar-refractivity contribution in [2.45, 2.75) is 25.1 Å². The second-order valence-corrected chi connectivity index (χ2v) is 7.34. The van der Waals surface area contributed by atoms with Crippen molar-refractivity contribution in [1.29, 1.82) is 0 Å². The summed E-state index contributed by atoms with van der Waals surface area (Å²) < 4.78 is 32.9. The number of aromatic amines is 1. The molecular weight excluding hydrogens is 384 g/mol. The lowest BCUT2D eigenvalue weighted by atomic mass is 10.1. The molecular formula is C19H26N2O6S. The third-order valence-electron chi connectivity index (χ3n) is 3.71. The van der Waals surface area contributed by atoms with Crippen molar-refractivity contribution in [1.82, 2.24) is 9.97 Å². The fraction of sp³-hybridized carbons (Fsp3) is 0.474. The molecule has 9 heteroatoms. The van der Waals surface area contributed by atoms with Gasteiger partial charge in [-0.2, -0.15) is 4.98 Å². The zero-order valence-corrected chi connectivity index (χ0v) is 17.0. The Labute approximate surface area is 167 Å². The molecule has 0 bridgehead atoms. The van der Waals surface area contributed by atoms with Gasteiger partial charge in [0.2, 0.25) is 0 Å². The summed E-state index contributed by atoms with van der Waals surface area (Å²) in [5.74, 6) is 0.0880. The van der Waals surface area contributed by atoms with Gasteiger partial charge in [-0.3, -0.25) is 4.79 Å². The quantitative estimate of drug-likeness (QED) is 0.234. The Kier molecular flexibility index (Phi) is 10.0. The summed E-state index contributed by atoms with van der Waals surface area (Å²) in [6, 6.07) is 7.51. The number of hydrogen-bond acceptors (Lipinski definition) is 7. The standard InChI is InChI=1S/C19H26N2O6S/c1-15(22)27-13-16-6-3-4-7-17(16)18-12-20-19(21-18)28(23)11-5-8-25-14-26-10-9-24-2/h3-4,6-7,12H,5,8-11,13-14H2,1-2H3,(H,20,21)/t28-/m0/s1. The van der Waals surface area contributed by atoms with E-state index in [1.54, 1.807) is 13.3 Å². The van der Waals surface area contributed by atoms with Gasteiger partial charge < -0.3 is 28.5 Å². The van der Waals surface area contributed by atoms with Crippen molar-refractivity contribution >= 4 is 17.1 Å². The van der Waals surface area contributed by atoms with Crippen molar-refractivity contribution in [3.05, 3.63) is 36.0 Å². The highest BCUT2D eigenvalue weighted by molar-refractivity contribution is 7.91. The second-order valence-electron chi connectivity index (χ2n) is 5.86. The van der Waals surface area contributed by atoms with Crippen LogP contribution in [0.2, 0.25) is 0 Å². The van der Waals surface area contributed by atoms with Crippen LogP contribution in [-0.4, -0.2) is 60.0 Å². The van der Waals surface area contributed by atoms with Crippen molar-refractivity contribution in [3.63, 3.8) is 0 Å². The molecule has 0 unspecified atom stereocenters. The van der Waals surface area contributed by atoms with Crippen LogP contribution in [-0.2, 0) is 41.5 Å². The summed E-state index contributed by atoms with van der Waals surface area (Å²) in [5.41, 5.74) is 2.33. The number of aromatic nitrogens is 2. The summed E-state index contributed by atoms with van der Waals surface area (Å²) in [6.07, 6.45) is 2.33. The Morgan fingerprint density at radius 1 is 1.21 bits per heavy atom. The molecule has 2 rings (SSSR count). The largest absolute Gasteiger partial charge is 0.609 e. The highest BCUT2D eigenvalue weighted by Gasteiger charge is 2.17. The van der Waals surface area contributed by atoms with Crippen LogP contribution < -0.4 is 0 Å². The van der Waals surface area contributed by atoms with E-state index in [1.807, 2.05) is 24.3 Å². The van der Waals surface area contributed by atoms with Gasteiger partial charge in [-0.05, 0) is 5.56 Å². The molecule has 0 aliphatic carbocycles. The van der Waals surface area contributed by atoms with Crippen LogP contribution in [0.5, 0.6) is 0 Å². The number of H-pyrrole nitrogens is 1. The third-order valence-corrected chi connectivity index (χ3v) is 5.01. The van der Waals surface area contributed by atoms with Crippen LogP contribution in [0.3, 0.4) is 0 Å². The summed E-state index contributed by atoms with van der Waals surface area (Å²) in [4.78, 5) is 18.5. The number of carbonyl (C=O) groups excluding carboxylic acids is 1. The molecule has 8 nitrogen and oxygen atoms in total. The molecule has 0 aliphatic rings. The van der Waals surface area contributed by atoms with Crippen LogP contribution in [0, 0.1) is 0 Å². The van der Waals surface area contributed by atoms with Gasteiger partial charge in [0, 0.05) is 43.4 Å². The summed E-state index contributed by atoms with van der Waals surface area (Å²) in [5, 5.41) is 0.411. The molecule has 0 aliphatic heterocycles. The molecule has 154 valence electrons. The lowest BCUT2D eigenvalue weighted by Gasteiger charge is -2.08. The lowest BCUT2D eigenvalue weighted by molar-refractivity contribution is -0.142. The van der Waals surface area contributed by atoms with Gasteiger partial charge in [-0.15, -0.1) is 0 Å². The molecule has 0 fully saturated rings. The highest BCUT2D eigenvalue weighted by atomic mass is 32.2. The van der Waals surface area contributed by atoms with Crippen LogP contribution in [0.1, 0.15) is 18.9 Å². The minimum absolute atomic E-state index is 0.167. The third kappa shape index (κ3) is 7.61. The predicted octanol–water partition coefficient (Wildman–Crippen LogP) is 2.27.